The van der Waals surface area contributed by atoms with E-state index in [-0.39, 0.29) is 0 Å². The van der Waals surface area contributed by atoms with Gasteiger partial charge in [-0.1, -0.05) is 6.92 Å². The van der Waals surface area contributed by atoms with Gasteiger partial charge in [0.2, 0.25) is 0 Å². The predicted molar refractivity (Wildman–Crippen MR) is 54.5 cm³/mol. The van der Waals surface area contributed by atoms with Gasteiger partial charge < -0.3 is 5.32 Å². The van der Waals surface area contributed by atoms with Crippen molar-refractivity contribution in [1.82, 2.24) is 5.32 Å². The van der Waals surface area contributed by atoms with Gasteiger partial charge in [0.25, 0.3) is 0 Å². The van der Waals surface area contributed by atoms with Crippen molar-refractivity contribution in [1.29, 1.82) is 0 Å². The van der Waals surface area contributed by atoms with Crippen LogP contribution >= 0.6 is 0 Å². The Morgan fingerprint density at radius 2 is 1.92 bits per heavy atom. The third kappa shape index (κ3) is 4.09. The average molecular weight is 205 g/mol. The van der Waals surface area contributed by atoms with Gasteiger partial charge in [-0.05, 0) is 38.3 Å². The van der Waals surface area contributed by atoms with Crippen LogP contribution in [-0.2, 0) is 9.84 Å². The van der Waals surface area contributed by atoms with Crippen LogP contribution in [0.2, 0.25) is 0 Å². The first-order chi connectivity index (χ1) is 6.14. The van der Waals surface area contributed by atoms with Crippen LogP contribution in [0.1, 0.15) is 26.2 Å². The zero-order valence-electron chi connectivity index (χ0n) is 8.25. The Kier molecular flexibility index (Phi) is 4.19. The van der Waals surface area contributed by atoms with Gasteiger partial charge >= 0.3 is 0 Å². The maximum Gasteiger partial charge on any atom is 0.150 e. The second kappa shape index (κ2) is 4.96. The van der Waals surface area contributed by atoms with Gasteiger partial charge in [0, 0.05) is 5.75 Å². The lowest BCUT2D eigenvalue weighted by Crippen LogP contribution is -2.31. The maximum atomic E-state index is 11.5. The van der Waals surface area contributed by atoms with Gasteiger partial charge in [-0.25, -0.2) is 8.42 Å². The maximum absolute atomic E-state index is 11.5. The lowest BCUT2D eigenvalue weighted by Gasteiger charge is -2.22. The second-order valence-corrected chi connectivity index (χ2v) is 6.04. The number of piperidine rings is 1. The molecule has 1 fully saturated rings. The van der Waals surface area contributed by atoms with Crippen molar-refractivity contribution in [2.24, 2.45) is 5.92 Å². The molecule has 0 atom stereocenters. The van der Waals surface area contributed by atoms with E-state index in [2.05, 4.69) is 5.32 Å². The van der Waals surface area contributed by atoms with Gasteiger partial charge in [0.1, 0.15) is 0 Å². The first-order valence-electron chi connectivity index (χ1n) is 5.05. The summed E-state index contributed by atoms with van der Waals surface area (Å²) in [5, 5.41) is 3.24. The molecule has 1 saturated heterocycles. The molecule has 0 bridgehead atoms. The fourth-order valence-corrected chi connectivity index (χ4v) is 3.64. The van der Waals surface area contributed by atoms with Crippen molar-refractivity contribution >= 4 is 9.84 Å². The highest BCUT2D eigenvalue weighted by molar-refractivity contribution is 7.91. The van der Waals surface area contributed by atoms with Crippen LogP contribution < -0.4 is 5.32 Å². The molecule has 3 nitrogen and oxygen atoms in total. The summed E-state index contributed by atoms with van der Waals surface area (Å²) in [5.74, 6) is 1.16. The van der Waals surface area contributed by atoms with Crippen molar-refractivity contribution in [3.63, 3.8) is 0 Å². The van der Waals surface area contributed by atoms with Crippen LogP contribution in [0.4, 0.5) is 0 Å². The molecule has 1 heterocycles. The van der Waals surface area contributed by atoms with E-state index in [1.165, 1.54) is 0 Å². The Balaban J connectivity index is 2.37. The van der Waals surface area contributed by atoms with Crippen molar-refractivity contribution in [3.8, 4) is 0 Å². The first-order valence-corrected chi connectivity index (χ1v) is 6.87. The van der Waals surface area contributed by atoms with Gasteiger partial charge in [-0.2, -0.15) is 0 Å². The highest BCUT2D eigenvalue weighted by Gasteiger charge is 2.20. The molecular weight excluding hydrogens is 186 g/mol. The summed E-state index contributed by atoms with van der Waals surface area (Å²) in [6.07, 6.45) is 2.78. The third-order valence-corrected chi connectivity index (χ3v) is 4.47. The summed E-state index contributed by atoms with van der Waals surface area (Å²) in [4.78, 5) is 0. The Labute approximate surface area is 80.8 Å². The molecule has 4 heteroatoms. The minimum absolute atomic E-state index is 0.358. The largest absolute Gasteiger partial charge is 0.317 e. The van der Waals surface area contributed by atoms with Gasteiger partial charge in [-0.15, -0.1) is 0 Å². The standard InChI is InChI=1S/C9H19NO2S/c1-2-7-13(11,12)8-9-3-5-10-6-4-9/h9-10H,2-8H2,1H3. The minimum Gasteiger partial charge on any atom is -0.317 e. The van der Waals surface area contributed by atoms with E-state index in [9.17, 15) is 8.42 Å². The lowest BCUT2D eigenvalue weighted by atomic mass is 10.0. The summed E-state index contributed by atoms with van der Waals surface area (Å²) in [5.41, 5.74) is 0. The van der Waals surface area contributed by atoms with Crippen LogP contribution in [0.15, 0.2) is 0 Å². The second-order valence-electron chi connectivity index (χ2n) is 3.81. The number of rotatable bonds is 4. The molecule has 1 aliphatic rings. The van der Waals surface area contributed by atoms with Crippen molar-refractivity contribution < 1.29 is 8.42 Å². The van der Waals surface area contributed by atoms with Crippen LogP contribution in [0, 0.1) is 5.92 Å². The Bertz CT molecular complexity index is 230. The smallest absolute Gasteiger partial charge is 0.150 e. The first kappa shape index (κ1) is 11.0. The van der Waals surface area contributed by atoms with E-state index in [1.54, 1.807) is 0 Å². The van der Waals surface area contributed by atoms with E-state index in [0.29, 0.717) is 17.4 Å². The van der Waals surface area contributed by atoms with E-state index >= 15 is 0 Å². The molecule has 0 amide bonds. The third-order valence-electron chi connectivity index (χ3n) is 2.46. The minimum atomic E-state index is -2.76. The highest BCUT2D eigenvalue weighted by atomic mass is 32.2. The van der Waals surface area contributed by atoms with Gasteiger partial charge in [0.15, 0.2) is 9.84 Å². The van der Waals surface area contributed by atoms with E-state index in [0.717, 1.165) is 32.4 Å². The molecule has 0 spiro atoms. The summed E-state index contributed by atoms with van der Waals surface area (Å²) in [6.45, 7) is 3.87. The molecule has 0 radical (unpaired) electrons. The molecule has 0 aromatic carbocycles. The molecule has 0 aromatic heterocycles. The fraction of sp³-hybridized carbons (Fsp3) is 1.00. The van der Waals surface area contributed by atoms with Gasteiger partial charge in [-0.3, -0.25) is 0 Å². The normalized spacial score (nSPS) is 20.4. The molecule has 0 unspecified atom stereocenters. The number of sulfone groups is 1. The fourth-order valence-electron chi connectivity index (χ4n) is 1.80. The van der Waals surface area contributed by atoms with Crippen molar-refractivity contribution in [2.75, 3.05) is 24.6 Å². The Morgan fingerprint density at radius 1 is 1.31 bits per heavy atom. The van der Waals surface area contributed by atoms with Crippen LogP contribution in [0.25, 0.3) is 0 Å². The number of nitrogens with one attached hydrogen (secondary N) is 1. The monoisotopic (exact) mass is 205 g/mol. The zero-order chi connectivity index (χ0) is 9.73. The van der Waals surface area contributed by atoms with Crippen molar-refractivity contribution in [2.45, 2.75) is 26.2 Å². The topological polar surface area (TPSA) is 46.2 Å². The number of hydrogen-bond donors (Lipinski definition) is 1. The molecular formula is C9H19NO2S. The summed E-state index contributed by atoms with van der Waals surface area (Å²) < 4.78 is 23.0. The van der Waals surface area contributed by atoms with Crippen LogP contribution in [0.5, 0.6) is 0 Å². The zero-order valence-corrected chi connectivity index (χ0v) is 9.07. The summed E-state index contributed by atoms with van der Waals surface area (Å²) >= 11 is 0. The quantitative estimate of drug-likeness (QED) is 0.739. The summed E-state index contributed by atoms with van der Waals surface area (Å²) in [6, 6.07) is 0. The molecule has 78 valence electrons. The highest BCUT2D eigenvalue weighted by Crippen LogP contribution is 2.14. The molecule has 1 rings (SSSR count). The molecule has 0 saturated carbocycles. The van der Waals surface area contributed by atoms with E-state index in [4.69, 9.17) is 0 Å². The summed E-state index contributed by atoms with van der Waals surface area (Å²) in [7, 11) is -2.76. The Hall–Kier alpha value is -0.0900. The van der Waals surface area contributed by atoms with E-state index < -0.39 is 9.84 Å². The van der Waals surface area contributed by atoms with E-state index in [1.807, 2.05) is 6.92 Å². The lowest BCUT2D eigenvalue weighted by molar-refractivity contribution is 0.401. The molecule has 1 aliphatic heterocycles. The van der Waals surface area contributed by atoms with Crippen molar-refractivity contribution in [3.05, 3.63) is 0 Å². The van der Waals surface area contributed by atoms with Gasteiger partial charge in [0.05, 0.1) is 5.75 Å². The molecule has 1 N–H and O–H groups in total. The molecule has 13 heavy (non-hydrogen) atoms. The average Bonchev–Trinajstić information content (AvgIpc) is 2.04. The molecule has 0 aromatic rings. The number of hydrogen-bond acceptors (Lipinski definition) is 3. The van der Waals surface area contributed by atoms with Crippen LogP contribution in [0.3, 0.4) is 0 Å². The molecule has 0 aliphatic carbocycles. The predicted octanol–water partition coefficient (Wildman–Crippen LogP) is 0.811. The van der Waals surface area contributed by atoms with Crippen LogP contribution in [-0.4, -0.2) is 33.0 Å². The Morgan fingerprint density at radius 3 is 2.46 bits per heavy atom. The SMILES string of the molecule is CCCS(=O)(=O)CC1CCNCC1.